The molecule has 0 aliphatic heterocycles. The Hall–Kier alpha value is -3.63. The van der Waals surface area contributed by atoms with Crippen molar-refractivity contribution in [3.63, 3.8) is 0 Å². The van der Waals surface area contributed by atoms with Crippen LogP contribution in [0.3, 0.4) is 0 Å². The van der Waals surface area contributed by atoms with Crippen molar-refractivity contribution in [2.75, 3.05) is 0 Å². The zero-order valence-corrected chi connectivity index (χ0v) is 16.2. The number of H-pyrrole nitrogens is 1. The van der Waals surface area contributed by atoms with Crippen LogP contribution >= 0.6 is 0 Å². The highest BCUT2D eigenvalue weighted by Gasteiger charge is 2.31. The first-order valence-electron chi connectivity index (χ1n) is 9.25. The molecule has 0 saturated heterocycles. The van der Waals surface area contributed by atoms with Gasteiger partial charge < -0.3 is 14.5 Å². The lowest BCUT2D eigenvalue weighted by Gasteiger charge is -2.11. The summed E-state index contributed by atoms with van der Waals surface area (Å²) in [6.07, 6.45) is -7.61. The van der Waals surface area contributed by atoms with Crippen LogP contribution in [0.4, 0.5) is 26.3 Å². The summed E-state index contributed by atoms with van der Waals surface area (Å²) in [4.78, 5) is 3.02. The highest BCUT2D eigenvalue weighted by molar-refractivity contribution is 5.80. The van der Waals surface area contributed by atoms with Gasteiger partial charge in [0.1, 0.15) is 24.7 Å². The van der Waals surface area contributed by atoms with E-state index in [0.717, 1.165) is 27.7 Å². The second kappa shape index (κ2) is 8.13. The topological polar surface area (TPSA) is 52.1 Å². The molecule has 0 amide bonds. The van der Waals surface area contributed by atoms with Gasteiger partial charge in [0.05, 0.1) is 11.4 Å². The number of hydrogen-bond acceptors (Lipinski definition) is 3. The summed E-state index contributed by atoms with van der Waals surface area (Å²) in [6, 6.07) is 13.2. The summed E-state index contributed by atoms with van der Waals surface area (Å²) in [5, 5.41) is 4.93. The van der Waals surface area contributed by atoms with Crippen LogP contribution in [0.15, 0.2) is 60.8 Å². The van der Waals surface area contributed by atoms with Crippen LogP contribution in [0.5, 0.6) is 11.5 Å². The van der Waals surface area contributed by atoms with Gasteiger partial charge in [0.15, 0.2) is 0 Å². The molecule has 0 unspecified atom stereocenters. The van der Waals surface area contributed by atoms with E-state index in [2.05, 4.69) is 14.8 Å². The molecule has 11 heteroatoms. The molecule has 168 valence electrons. The molecule has 4 rings (SSSR count). The Bertz CT molecular complexity index is 1210. The molecule has 4 aromatic rings. The lowest BCUT2D eigenvalue weighted by Crippen LogP contribution is -2.21. The van der Waals surface area contributed by atoms with Gasteiger partial charge in [-0.15, -0.1) is 13.2 Å². The lowest BCUT2D eigenvalue weighted by molar-refractivity contribution is -0.274. The fourth-order valence-corrected chi connectivity index (χ4v) is 3.12. The fraction of sp³-hybridized carbons (Fsp3) is 0.190. The Morgan fingerprint density at radius 1 is 0.875 bits per heavy atom. The van der Waals surface area contributed by atoms with Crippen molar-refractivity contribution in [1.29, 1.82) is 0 Å². The Morgan fingerprint density at radius 2 is 1.59 bits per heavy atom. The summed E-state index contributed by atoms with van der Waals surface area (Å²) < 4.78 is 86.2. The minimum absolute atomic E-state index is 0.152. The summed E-state index contributed by atoms with van der Waals surface area (Å²) in [6.45, 7) is -1.53. The van der Waals surface area contributed by atoms with Gasteiger partial charge >= 0.3 is 12.5 Å². The lowest BCUT2D eigenvalue weighted by atomic mass is 10.1. The molecule has 0 aliphatic carbocycles. The molecular weight excluding hydrogens is 440 g/mol. The smallest absolute Gasteiger partial charge is 0.487 e. The Labute approximate surface area is 177 Å². The van der Waals surface area contributed by atoms with Crippen molar-refractivity contribution in [3.8, 4) is 22.8 Å². The van der Waals surface area contributed by atoms with Gasteiger partial charge in [-0.2, -0.15) is 18.3 Å². The van der Waals surface area contributed by atoms with Crippen molar-refractivity contribution in [2.24, 2.45) is 0 Å². The van der Waals surface area contributed by atoms with E-state index in [4.69, 9.17) is 4.74 Å². The number of halogens is 6. The van der Waals surface area contributed by atoms with E-state index >= 15 is 0 Å². The number of benzene rings is 2. The van der Waals surface area contributed by atoms with Gasteiger partial charge in [-0.05, 0) is 53.9 Å². The Balaban J connectivity index is 1.57. The molecule has 1 N–H and O–H groups in total. The van der Waals surface area contributed by atoms with Crippen LogP contribution in [-0.2, 0) is 13.2 Å². The molecule has 0 atom stereocenters. The largest absolute Gasteiger partial charge is 0.573 e. The van der Waals surface area contributed by atoms with E-state index in [1.807, 2.05) is 12.1 Å². The van der Waals surface area contributed by atoms with Crippen molar-refractivity contribution in [1.82, 2.24) is 14.8 Å². The van der Waals surface area contributed by atoms with Crippen molar-refractivity contribution < 1.29 is 35.8 Å². The molecular formula is C21H15F6N3O2. The van der Waals surface area contributed by atoms with Gasteiger partial charge in [-0.1, -0.05) is 0 Å². The SMILES string of the molecule is FC(F)(F)Cn1nc(-c2ccc(OC(F)(F)F)cc2)cc1COc1ccc2cc[nH]c2c1. The fourth-order valence-electron chi connectivity index (χ4n) is 3.12. The summed E-state index contributed by atoms with van der Waals surface area (Å²) in [5.41, 5.74) is 1.45. The van der Waals surface area contributed by atoms with Crippen LogP contribution in [0.25, 0.3) is 22.2 Å². The molecule has 0 saturated carbocycles. The third kappa shape index (κ3) is 5.34. The van der Waals surface area contributed by atoms with E-state index in [1.165, 1.54) is 18.2 Å². The maximum absolute atomic E-state index is 13.0. The first-order chi connectivity index (χ1) is 15.1. The standard InChI is InChI=1S/C21H15F6N3O2/c22-20(23,24)12-30-15(11-31-17-6-3-14-7-8-28-18(14)10-17)9-19(29-30)13-1-4-16(5-2-13)32-21(25,26)27/h1-10,28H,11-12H2. The number of aromatic nitrogens is 3. The highest BCUT2D eigenvalue weighted by atomic mass is 19.4. The zero-order chi connectivity index (χ0) is 22.9. The van der Waals surface area contributed by atoms with Gasteiger partial charge in [0.25, 0.3) is 0 Å². The third-order valence-electron chi connectivity index (χ3n) is 4.49. The first kappa shape index (κ1) is 21.6. The molecule has 0 aliphatic rings. The van der Waals surface area contributed by atoms with E-state index < -0.39 is 24.8 Å². The Kier molecular flexibility index (Phi) is 5.49. The van der Waals surface area contributed by atoms with Crippen molar-refractivity contribution in [2.45, 2.75) is 25.7 Å². The van der Waals surface area contributed by atoms with E-state index in [9.17, 15) is 26.3 Å². The maximum atomic E-state index is 13.0. The number of nitrogens with one attached hydrogen (secondary N) is 1. The van der Waals surface area contributed by atoms with Crippen molar-refractivity contribution in [3.05, 3.63) is 66.5 Å². The van der Waals surface area contributed by atoms with E-state index in [-0.39, 0.29) is 18.0 Å². The highest BCUT2D eigenvalue weighted by Crippen LogP contribution is 2.28. The van der Waals surface area contributed by atoms with Crippen LogP contribution in [0.2, 0.25) is 0 Å². The van der Waals surface area contributed by atoms with Crippen LogP contribution in [-0.4, -0.2) is 27.3 Å². The van der Waals surface area contributed by atoms with Gasteiger partial charge in [0, 0.05) is 23.3 Å². The monoisotopic (exact) mass is 455 g/mol. The van der Waals surface area contributed by atoms with E-state index in [0.29, 0.717) is 11.3 Å². The molecule has 0 bridgehead atoms. The average Bonchev–Trinajstić information content (AvgIpc) is 3.31. The molecule has 32 heavy (non-hydrogen) atoms. The summed E-state index contributed by atoms with van der Waals surface area (Å²) >= 11 is 0. The zero-order valence-electron chi connectivity index (χ0n) is 16.2. The number of ether oxygens (including phenoxy) is 2. The molecule has 2 aromatic carbocycles. The number of fused-ring (bicyclic) bond motifs is 1. The number of nitrogens with zero attached hydrogens (tertiary/aromatic N) is 2. The van der Waals surface area contributed by atoms with Crippen LogP contribution < -0.4 is 9.47 Å². The van der Waals surface area contributed by atoms with Gasteiger partial charge in [-0.3, -0.25) is 4.68 Å². The van der Waals surface area contributed by atoms with Crippen molar-refractivity contribution >= 4 is 10.9 Å². The second-order valence-electron chi connectivity index (χ2n) is 6.88. The molecule has 0 fully saturated rings. The van der Waals surface area contributed by atoms with E-state index in [1.54, 1.807) is 18.3 Å². The average molecular weight is 455 g/mol. The van der Waals surface area contributed by atoms with Gasteiger partial charge in [0.2, 0.25) is 0 Å². The Morgan fingerprint density at radius 3 is 2.28 bits per heavy atom. The third-order valence-corrected chi connectivity index (χ3v) is 4.49. The number of aromatic amines is 1. The maximum Gasteiger partial charge on any atom is 0.573 e. The normalized spacial score (nSPS) is 12.3. The van der Waals surface area contributed by atoms with Crippen LogP contribution in [0, 0.1) is 0 Å². The molecule has 0 spiro atoms. The molecule has 2 heterocycles. The number of rotatable bonds is 6. The quantitative estimate of drug-likeness (QED) is 0.359. The summed E-state index contributed by atoms with van der Waals surface area (Å²) in [5.74, 6) is 0.00847. The number of alkyl halides is 6. The predicted molar refractivity (Wildman–Crippen MR) is 103 cm³/mol. The van der Waals surface area contributed by atoms with Gasteiger partial charge in [-0.25, -0.2) is 0 Å². The first-order valence-corrected chi connectivity index (χ1v) is 9.25. The minimum Gasteiger partial charge on any atom is -0.487 e. The number of hydrogen-bond donors (Lipinski definition) is 1. The second-order valence-corrected chi connectivity index (χ2v) is 6.88. The molecule has 5 nitrogen and oxygen atoms in total. The molecule has 0 radical (unpaired) electrons. The minimum atomic E-state index is -4.84. The summed E-state index contributed by atoms with van der Waals surface area (Å²) in [7, 11) is 0. The molecule has 2 aromatic heterocycles. The predicted octanol–water partition coefficient (Wildman–Crippen LogP) is 6.07. The van der Waals surface area contributed by atoms with Crippen LogP contribution in [0.1, 0.15) is 5.69 Å².